The molecule has 7 heteroatoms. The first-order valence-corrected chi connectivity index (χ1v) is 10.3. The summed E-state index contributed by atoms with van der Waals surface area (Å²) in [6.45, 7) is 7.04. The van der Waals surface area contributed by atoms with Crippen molar-refractivity contribution in [3.63, 3.8) is 0 Å². The summed E-state index contributed by atoms with van der Waals surface area (Å²) in [5, 5.41) is 8.53. The SMILES string of the molecule is Cc1ccc(F)c(N2CCCC(NC(=O)c3ccc(NC(=O)NC(C)C)cc3)C2)c1. The van der Waals surface area contributed by atoms with Gasteiger partial charge in [-0.25, -0.2) is 9.18 Å². The van der Waals surface area contributed by atoms with Crippen molar-refractivity contribution in [2.75, 3.05) is 23.3 Å². The molecule has 1 saturated heterocycles. The molecule has 0 aromatic heterocycles. The van der Waals surface area contributed by atoms with Crippen LogP contribution in [0.4, 0.5) is 20.6 Å². The highest BCUT2D eigenvalue weighted by Crippen LogP contribution is 2.24. The van der Waals surface area contributed by atoms with Crippen LogP contribution in [0.1, 0.15) is 42.6 Å². The van der Waals surface area contributed by atoms with Crippen LogP contribution < -0.4 is 20.9 Å². The van der Waals surface area contributed by atoms with E-state index in [-0.39, 0.29) is 29.8 Å². The van der Waals surface area contributed by atoms with Crippen LogP contribution in [-0.4, -0.2) is 37.1 Å². The molecule has 0 saturated carbocycles. The van der Waals surface area contributed by atoms with E-state index in [1.54, 1.807) is 30.3 Å². The lowest BCUT2D eigenvalue weighted by Gasteiger charge is -2.35. The molecule has 3 rings (SSSR count). The minimum absolute atomic E-state index is 0.0402. The third kappa shape index (κ3) is 5.72. The minimum atomic E-state index is -0.284. The van der Waals surface area contributed by atoms with Crippen LogP contribution in [0.15, 0.2) is 42.5 Å². The molecule has 0 radical (unpaired) electrons. The van der Waals surface area contributed by atoms with Gasteiger partial charge in [-0.1, -0.05) is 6.07 Å². The van der Waals surface area contributed by atoms with Gasteiger partial charge in [0.1, 0.15) is 5.82 Å². The summed E-state index contributed by atoms with van der Waals surface area (Å²) >= 11 is 0. The summed E-state index contributed by atoms with van der Waals surface area (Å²) in [5.74, 6) is -0.415. The maximum atomic E-state index is 14.2. The summed E-state index contributed by atoms with van der Waals surface area (Å²) in [6, 6.07) is 11.6. The van der Waals surface area contributed by atoms with Gasteiger partial charge in [0.15, 0.2) is 0 Å². The van der Waals surface area contributed by atoms with Crippen molar-refractivity contribution in [1.82, 2.24) is 10.6 Å². The van der Waals surface area contributed by atoms with Crippen molar-refractivity contribution >= 4 is 23.3 Å². The Morgan fingerprint density at radius 1 is 1.13 bits per heavy atom. The molecule has 3 N–H and O–H groups in total. The molecule has 1 aliphatic rings. The number of hydrogen-bond acceptors (Lipinski definition) is 3. The van der Waals surface area contributed by atoms with Crippen LogP contribution in [0.25, 0.3) is 0 Å². The largest absolute Gasteiger partial charge is 0.367 e. The number of hydrogen-bond donors (Lipinski definition) is 3. The van der Waals surface area contributed by atoms with Gasteiger partial charge in [0.05, 0.1) is 5.69 Å². The fraction of sp³-hybridized carbons (Fsp3) is 0.391. The normalized spacial score (nSPS) is 16.3. The number of benzene rings is 2. The summed E-state index contributed by atoms with van der Waals surface area (Å²) < 4.78 is 14.2. The number of aryl methyl sites for hydroxylation is 1. The molecule has 1 aliphatic heterocycles. The minimum Gasteiger partial charge on any atom is -0.367 e. The predicted molar refractivity (Wildman–Crippen MR) is 118 cm³/mol. The molecule has 1 atom stereocenters. The van der Waals surface area contributed by atoms with Crippen molar-refractivity contribution in [3.05, 3.63) is 59.4 Å². The number of piperidine rings is 1. The number of anilines is 2. The average molecular weight is 413 g/mol. The van der Waals surface area contributed by atoms with Crippen LogP contribution in [0, 0.1) is 12.7 Å². The van der Waals surface area contributed by atoms with Crippen LogP contribution in [-0.2, 0) is 0 Å². The van der Waals surface area contributed by atoms with Gasteiger partial charge in [-0.2, -0.15) is 0 Å². The Balaban J connectivity index is 1.58. The molecular weight excluding hydrogens is 383 g/mol. The second kappa shape index (κ2) is 9.61. The van der Waals surface area contributed by atoms with Crippen LogP contribution in [0.5, 0.6) is 0 Å². The van der Waals surface area contributed by atoms with E-state index in [2.05, 4.69) is 16.0 Å². The smallest absolute Gasteiger partial charge is 0.319 e. The predicted octanol–water partition coefficient (Wildman–Crippen LogP) is 4.06. The summed E-state index contributed by atoms with van der Waals surface area (Å²) in [6.07, 6.45) is 1.73. The van der Waals surface area contributed by atoms with E-state index in [4.69, 9.17) is 0 Å². The van der Waals surface area contributed by atoms with Gasteiger partial charge in [-0.05, 0) is 75.6 Å². The van der Waals surface area contributed by atoms with Gasteiger partial charge in [-0.3, -0.25) is 4.79 Å². The van der Waals surface area contributed by atoms with Crippen molar-refractivity contribution in [3.8, 4) is 0 Å². The van der Waals surface area contributed by atoms with Crippen LogP contribution >= 0.6 is 0 Å². The molecule has 0 spiro atoms. The zero-order chi connectivity index (χ0) is 21.7. The van der Waals surface area contributed by atoms with Gasteiger partial charge < -0.3 is 20.9 Å². The number of urea groups is 1. The number of nitrogens with zero attached hydrogens (tertiary/aromatic N) is 1. The molecule has 0 aliphatic carbocycles. The van der Waals surface area contributed by atoms with E-state index >= 15 is 0 Å². The van der Waals surface area contributed by atoms with Gasteiger partial charge >= 0.3 is 6.03 Å². The van der Waals surface area contributed by atoms with E-state index in [1.807, 2.05) is 31.7 Å². The van der Waals surface area contributed by atoms with Crippen molar-refractivity contribution in [2.24, 2.45) is 0 Å². The molecule has 30 heavy (non-hydrogen) atoms. The third-order valence-electron chi connectivity index (χ3n) is 5.02. The van der Waals surface area contributed by atoms with Crippen LogP contribution in [0.2, 0.25) is 0 Å². The third-order valence-corrected chi connectivity index (χ3v) is 5.02. The number of amides is 3. The monoisotopic (exact) mass is 412 g/mol. The summed E-state index contributed by atoms with van der Waals surface area (Å²) in [5.41, 5.74) is 2.73. The Labute approximate surface area is 176 Å². The molecule has 1 fully saturated rings. The van der Waals surface area contributed by atoms with Crippen molar-refractivity contribution < 1.29 is 14.0 Å². The highest BCUT2D eigenvalue weighted by molar-refractivity contribution is 5.95. The van der Waals surface area contributed by atoms with Gasteiger partial charge in [0.25, 0.3) is 5.91 Å². The highest BCUT2D eigenvalue weighted by Gasteiger charge is 2.24. The molecule has 0 bridgehead atoms. The number of carbonyl (C=O) groups is 2. The molecular formula is C23H29FN4O2. The lowest BCUT2D eigenvalue weighted by atomic mass is 10.0. The Kier molecular flexibility index (Phi) is 6.92. The van der Waals surface area contributed by atoms with E-state index in [1.165, 1.54) is 6.07 Å². The first-order chi connectivity index (χ1) is 14.3. The first-order valence-electron chi connectivity index (χ1n) is 10.3. The molecule has 160 valence electrons. The zero-order valence-corrected chi connectivity index (χ0v) is 17.7. The fourth-order valence-corrected chi connectivity index (χ4v) is 3.58. The molecule has 2 aromatic rings. The lowest BCUT2D eigenvalue weighted by molar-refractivity contribution is 0.0933. The quantitative estimate of drug-likeness (QED) is 0.693. The zero-order valence-electron chi connectivity index (χ0n) is 17.7. The van der Waals surface area contributed by atoms with Gasteiger partial charge in [0, 0.05) is 36.4 Å². The highest BCUT2D eigenvalue weighted by atomic mass is 19.1. The maximum absolute atomic E-state index is 14.2. The number of nitrogens with one attached hydrogen (secondary N) is 3. The second-order valence-corrected chi connectivity index (χ2v) is 8.04. The summed E-state index contributed by atoms with van der Waals surface area (Å²) in [7, 11) is 0. The standard InChI is InChI=1S/C23H29FN4O2/c1-15(2)25-23(30)27-18-9-7-17(8-10-18)22(29)26-19-5-4-12-28(14-19)21-13-16(3)6-11-20(21)24/h6-11,13,15,19H,4-5,12,14H2,1-3H3,(H,26,29)(H2,25,27,30). The molecule has 1 heterocycles. The van der Waals surface area contributed by atoms with E-state index in [0.29, 0.717) is 23.5 Å². The lowest BCUT2D eigenvalue weighted by Crippen LogP contribution is -2.48. The van der Waals surface area contributed by atoms with Crippen LogP contribution in [0.3, 0.4) is 0 Å². The maximum Gasteiger partial charge on any atom is 0.319 e. The number of carbonyl (C=O) groups excluding carboxylic acids is 2. The Bertz CT molecular complexity index is 899. The van der Waals surface area contributed by atoms with E-state index < -0.39 is 0 Å². The molecule has 3 amide bonds. The topological polar surface area (TPSA) is 73.5 Å². The number of rotatable bonds is 5. The van der Waals surface area contributed by atoms with Crippen molar-refractivity contribution in [2.45, 2.75) is 45.7 Å². The van der Waals surface area contributed by atoms with E-state index in [9.17, 15) is 14.0 Å². The average Bonchev–Trinajstić information content (AvgIpc) is 2.70. The van der Waals surface area contributed by atoms with Gasteiger partial charge in [0.2, 0.25) is 0 Å². The number of halogens is 1. The Morgan fingerprint density at radius 3 is 2.57 bits per heavy atom. The van der Waals surface area contributed by atoms with Crippen molar-refractivity contribution in [1.29, 1.82) is 0 Å². The van der Waals surface area contributed by atoms with E-state index in [0.717, 1.165) is 24.9 Å². The molecule has 6 nitrogen and oxygen atoms in total. The molecule has 2 aromatic carbocycles. The summed E-state index contributed by atoms with van der Waals surface area (Å²) in [4.78, 5) is 26.4. The Morgan fingerprint density at radius 2 is 1.87 bits per heavy atom. The second-order valence-electron chi connectivity index (χ2n) is 8.04. The molecule has 1 unspecified atom stereocenters. The Hall–Kier alpha value is -3.09. The fourth-order valence-electron chi connectivity index (χ4n) is 3.58. The van der Waals surface area contributed by atoms with Gasteiger partial charge in [-0.15, -0.1) is 0 Å². The first kappa shape index (κ1) is 21.6.